The van der Waals surface area contributed by atoms with Gasteiger partial charge in [-0.1, -0.05) is 6.07 Å². The molecular formula is C21H25FN4O7S. The molecule has 0 bridgehead atoms. The molecule has 2 aliphatic heterocycles. The van der Waals surface area contributed by atoms with Crippen LogP contribution in [-0.4, -0.2) is 60.7 Å². The number of carbonyl (C=O) groups excluding carboxylic acids is 1. The largest absolute Gasteiger partial charge is 0.379 e. The highest BCUT2D eigenvalue weighted by molar-refractivity contribution is 7.89. The SMILES string of the molecule is Cc1ccc(NC(=O)Cn2c(=O)c(F)cn([C@@H]3CCCO3)c2=O)cc1S(=O)(=O)N1CCOCC1. The topological polar surface area (TPSA) is 129 Å². The number of hydrogen-bond acceptors (Lipinski definition) is 7. The monoisotopic (exact) mass is 496 g/mol. The lowest BCUT2D eigenvalue weighted by Crippen LogP contribution is -2.44. The molecule has 1 atom stereocenters. The number of nitrogens with one attached hydrogen (secondary N) is 1. The van der Waals surface area contributed by atoms with Crippen molar-refractivity contribution in [3.05, 3.63) is 56.6 Å². The Balaban J connectivity index is 1.57. The van der Waals surface area contributed by atoms with E-state index in [1.807, 2.05) is 0 Å². The number of ether oxygens (including phenoxy) is 2. The van der Waals surface area contributed by atoms with Crippen molar-refractivity contribution >= 4 is 21.6 Å². The summed E-state index contributed by atoms with van der Waals surface area (Å²) in [4.78, 5) is 37.6. The third kappa shape index (κ3) is 4.82. The molecule has 34 heavy (non-hydrogen) atoms. The molecule has 4 rings (SSSR count). The zero-order valence-electron chi connectivity index (χ0n) is 18.5. The van der Waals surface area contributed by atoms with Gasteiger partial charge in [0.15, 0.2) is 0 Å². The van der Waals surface area contributed by atoms with Gasteiger partial charge in [0.1, 0.15) is 12.8 Å². The lowest BCUT2D eigenvalue weighted by atomic mass is 10.2. The highest BCUT2D eigenvalue weighted by Crippen LogP contribution is 2.24. The van der Waals surface area contributed by atoms with Crippen molar-refractivity contribution in [2.75, 3.05) is 38.2 Å². The minimum atomic E-state index is -3.81. The van der Waals surface area contributed by atoms with Crippen molar-refractivity contribution in [2.45, 2.75) is 37.4 Å². The van der Waals surface area contributed by atoms with Crippen molar-refractivity contribution in [2.24, 2.45) is 0 Å². The fourth-order valence-corrected chi connectivity index (χ4v) is 5.60. The number of morpholine rings is 1. The number of anilines is 1. The Labute approximate surface area is 194 Å². The first-order chi connectivity index (χ1) is 16.2. The van der Waals surface area contributed by atoms with Crippen LogP contribution in [0.5, 0.6) is 0 Å². The van der Waals surface area contributed by atoms with Crippen LogP contribution in [0.3, 0.4) is 0 Å². The predicted molar refractivity (Wildman–Crippen MR) is 119 cm³/mol. The number of halogens is 1. The molecule has 13 heteroatoms. The van der Waals surface area contributed by atoms with Crippen LogP contribution in [0, 0.1) is 12.7 Å². The summed E-state index contributed by atoms with van der Waals surface area (Å²) in [6.07, 6.45) is 1.24. The molecule has 0 aliphatic carbocycles. The molecule has 0 unspecified atom stereocenters. The first kappa shape index (κ1) is 24.3. The first-order valence-electron chi connectivity index (χ1n) is 10.8. The van der Waals surface area contributed by atoms with Crippen LogP contribution in [0.25, 0.3) is 0 Å². The number of nitrogens with zero attached hydrogens (tertiary/aromatic N) is 3. The summed E-state index contributed by atoms with van der Waals surface area (Å²) in [6.45, 7) is 2.32. The molecule has 0 spiro atoms. The quantitative estimate of drug-likeness (QED) is 0.614. The second-order valence-electron chi connectivity index (χ2n) is 8.07. The van der Waals surface area contributed by atoms with Crippen molar-refractivity contribution in [3.8, 4) is 0 Å². The fraction of sp³-hybridized carbons (Fsp3) is 0.476. The molecule has 2 saturated heterocycles. The number of amides is 1. The Morgan fingerprint density at radius 1 is 1.21 bits per heavy atom. The predicted octanol–water partition coefficient (Wildman–Crippen LogP) is 0.426. The number of sulfonamides is 1. The second kappa shape index (κ2) is 9.78. The minimum Gasteiger partial charge on any atom is -0.379 e. The van der Waals surface area contributed by atoms with Crippen molar-refractivity contribution < 1.29 is 27.1 Å². The summed E-state index contributed by atoms with van der Waals surface area (Å²) in [5.41, 5.74) is -1.45. The Kier molecular flexibility index (Phi) is 6.98. The molecule has 2 aliphatic rings. The maximum Gasteiger partial charge on any atom is 0.333 e. The van der Waals surface area contributed by atoms with Gasteiger partial charge in [-0.15, -0.1) is 0 Å². The summed E-state index contributed by atoms with van der Waals surface area (Å²) < 4.78 is 53.6. The molecule has 3 heterocycles. The summed E-state index contributed by atoms with van der Waals surface area (Å²) in [5.74, 6) is -1.97. The third-order valence-corrected chi connectivity index (χ3v) is 7.77. The van der Waals surface area contributed by atoms with Crippen LogP contribution in [0.2, 0.25) is 0 Å². The van der Waals surface area contributed by atoms with Crippen LogP contribution in [-0.2, 0) is 30.8 Å². The summed E-state index contributed by atoms with van der Waals surface area (Å²) >= 11 is 0. The van der Waals surface area contributed by atoms with Crippen molar-refractivity contribution in [1.82, 2.24) is 13.4 Å². The molecule has 1 aromatic carbocycles. The van der Waals surface area contributed by atoms with Gasteiger partial charge >= 0.3 is 5.69 Å². The number of hydrogen-bond donors (Lipinski definition) is 1. The Bertz CT molecular complexity index is 1310. The number of aromatic nitrogens is 2. The van der Waals surface area contributed by atoms with Crippen LogP contribution >= 0.6 is 0 Å². The number of rotatable bonds is 6. The third-order valence-electron chi connectivity index (χ3n) is 5.73. The lowest BCUT2D eigenvalue weighted by molar-refractivity contribution is -0.116. The van der Waals surface area contributed by atoms with E-state index in [0.29, 0.717) is 42.8 Å². The molecule has 1 amide bonds. The Morgan fingerprint density at radius 2 is 1.94 bits per heavy atom. The average Bonchev–Trinajstić information content (AvgIpc) is 3.35. The van der Waals surface area contributed by atoms with Crippen LogP contribution in [0.4, 0.5) is 10.1 Å². The number of aryl methyl sites for hydroxylation is 1. The fourth-order valence-electron chi connectivity index (χ4n) is 3.94. The van der Waals surface area contributed by atoms with E-state index in [9.17, 15) is 27.2 Å². The molecule has 11 nitrogen and oxygen atoms in total. The molecule has 1 N–H and O–H groups in total. The van der Waals surface area contributed by atoms with Gasteiger partial charge in [0.25, 0.3) is 5.56 Å². The molecule has 0 saturated carbocycles. The van der Waals surface area contributed by atoms with Crippen LogP contribution < -0.4 is 16.6 Å². The van der Waals surface area contributed by atoms with Crippen LogP contribution in [0.15, 0.2) is 38.9 Å². The Morgan fingerprint density at radius 3 is 2.62 bits per heavy atom. The molecule has 2 fully saturated rings. The summed E-state index contributed by atoms with van der Waals surface area (Å²) in [7, 11) is -3.81. The number of carbonyl (C=O) groups is 1. The second-order valence-corrected chi connectivity index (χ2v) is 9.98. The van der Waals surface area contributed by atoms with Gasteiger partial charge < -0.3 is 14.8 Å². The van der Waals surface area contributed by atoms with E-state index in [4.69, 9.17) is 9.47 Å². The number of benzene rings is 1. The molecular weight excluding hydrogens is 471 g/mol. The molecule has 1 aromatic heterocycles. The van der Waals surface area contributed by atoms with Gasteiger partial charge in [-0.25, -0.2) is 17.8 Å². The van der Waals surface area contributed by atoms with Crippen molar-refractivity contribution in [1.29, 1.82) is 0 Å². The molecule has 184 valence electrons. The van der Waals surface area contributed by atoms with Gasteiger partial charge in [-0.3, -0.25) is 14.2 Å². The first-order valence-corrected chi connectivity index (χ1v) is 12.2. The molecule has 0 radical (unpaired) electrons. The molecule has 2 aromatic rings. The van der Waals surface area contributed by atoms with Gasteiger partial charge in [0, 0.05) is 25.4 Å². The zero-order valence-corrected chi connectivity index (χ0v) is 19.3. The van der Waals surface area contributed by atoms with Gasteiger partial charge in [0.2, 0.25) is 21.7 Å². The van der Waals surface area contributed by atoms with E-state index in [0.717, 1.165) is 10.8 Å². The van der Waals surface area contributed by atoms with E-state index < -0.39 is 45.8 Å². The van der Waals surface area contributed by atoms with E-state index >= 15 is 0 Å². The average molecular weight is 497 g/mol. The minimum absolute atomic E-state index is 0.0239. The summed E-state index contributed by atoms with van der Waals surface area (Å²) in [5, 5.41) is 2.49. The van der Waals surface area contributed by atoms with E-state index in [2.05, 4.69) is 5.32 Å². The van der Waals surface area contributed by atoms with E-state index in [1.54, 1.807) is 13.0 Å². The maximum absolute atomic E-state index is 14.2. The van der Waals surface area contributed by atoms with Gasteiger partial charge in [-0.05, 0) is 37.5 Å². The maximum atomic E-state index is 14.2. The van der Waals surface area contributed by atoms with Crippen LogP contribution in [0.1, 0.15) is 24.6 Å². The summed E-state index contributed by atoms with van der Waals surface area (Å²) in [6, 6.07) is 4.36. The van der Waals surface area contributed by atoms with Gasteiger partial charge in [0.05, 0.1) is 24.3 Å². The van der Waals surface area contributed by atoms with Crippen molar-refractivity contribution in [3.63, 3.8) is 0 Å². The zero-order chi connectivity index (χ0) is 24.5. The highest BCUT2D eigenvalue weighted by Gasteiger charge is 2.28. The highest BCUT2D eigenvalue weighted by atomic mass is 32.2. The normalized spacial score (nSPS) is 19.3. The van der Waals surface area contributed by atoms with E-state index in [1.165, 1.54) is 16.4 Å². The van der Waals surface area contributed by atoms with E-state index in [-0.39, 0.29) is 23.7 Å². The smallest absolute Gasteiger partial charge is 0.333 e. The Hall–Kier alpha value is -2.87. The lowest BCUT2D eigenvalue weighted by Gasteiger charge is -2.26. The standard InChI is InChI=1S/C21H25FN4O7S/c1-14-4-5-15(11-17(14)34(30,31)24-6-9-32-10-7-24)23-18(27)13-26-20(28)16(22)12-25(21(26)29)19-3-2-8-33-19/h4-5,11-12,19H,2-3,6-10,13H2,1H3,(H,23,27)/t19-/m0/s1. The van der Waals surface area contributed by atoms with Gasteiger partial charge in [-0.2, -0.15) is 8.70 Å².